The molecule has 0 aliphatic rings. The van der Waals surface area contributed by atoms with Crippen molar-refractivity contribution in [3.8, 4) is 6.07 Å². The van der Waals surface area contributed by atoms with Gasteiger partial charge in [-0.3, -0.25) is 4.79 Å². The number of hydrogen-bond acceptors (Lipinski definition) is 4. The third-order valence-electron chi connectivity index (χ3n) is 2.30. The van der Waals surface area contributed by atoms with E-state index in [4.69, 9.17) is 5.26 Å². The predicted molar refractivity (Wildman–Crippen MR) is 62.3 cm³/mol. The van der Waals surface area contributed by atoms with Gasteiger partial charge in [-0.1, -0.05) is 0 Å². The maximum atomic E-state index is 11.4. The Hall–Kier alpha value is -1.89. The smallest absolute Gasteiger partial charge is 0.163 e. The first-order valence-corrected chi connectivity index (χ1v) is 5.13. The van der Waals surface area contributed by atoms with Gasteiger partial charge in [0.2, 0.25) is 0 Å². The summed E-state index contributed by atoms with van der Waals surface area (Å²) in [6.07, 6.45) is 1.65. The van der Waals surface area contributed by atoms with Crippen LogP contribution in [0.2, 0.25) is 0 Å². The number of hydrogen-bond donors (Lipinski definition) is 0. The van der Waals surface area contributed by atoms with Crippen molar-refractivity contribution in [3.63, 3.8) is 0 Å². The van der Waals surface area contributed by atoms with Gasteiger partial charge in [-0.05, 0) is 26.0 Å². The minimum Gasteiger partial charge on any atom is -0.358 e. The van der Waals surface area contributed by atoms with E-state index in [0.717, 1.165) is 0 Å². The second-order valence-electron chi connectivity index (χ2n) is 3.84. The summed E-state index contributed by atoms with van der Waals surface area (Å²) in [6, 6.07) is 5.65. The molecular formula is C12H15N3O. The molecule has 0 fully saturated rings. The number of Topliss-reactive ketones (excluding diaryl/α,β-unsaturated/α-hetero) is 1. The van der Waals surface area contributed by atoms with Crippen molar-refractivity contribution in [3.05, 3.63) is 23.9 Å². The Balaban J connectivity index is 2.95. The van der Waals surface area contributed by atoms with Crippen LogP contribution in [0.1, 0.15) is 24.2 Å². The Labute approximate surface area is 95.5 Å². The Bertz CT molecular complexity index is 423. The van der Waals surface area contributed by atoms with Crippen molar-refractivity contribution in [2.45, 2.75) is 13.8 Å². The molecule has 16 heavy (non-hydrogen) atoms. The number of anilines is 1. The first kappa shape index (κ1) is 12.2. The molecule has 0 saturated heterocycles. The van der Waals surface area contributed by atoms with Crippen molar-refractivity contribution in [2.24, 2.45) is 5.92 Å². The van der Waals surface area contributed by atoms with Crippen LogP contribution in [0.3, 0.4) is 0 Å². The average molecular weight is 217 g/mol. The molecule has 0 aliphatic carbocycles. The van der Waals surface area contributed by atoms with Crippen LogP contribution in [0.5, 0.6) is 0 Å². The topological polar surface area (TPSA) is 57.0 Å². The van der Waals surface area contributed by atoms with Gasteiger partial charge in [0, 0.05) is 19.8 Å². The Morgan fingerprint density at radius 2 is 2.38 bits per heavy atom. The molecular weight excluding hydrogens is 202 g/mol. The SMILES string of the molecule is CC(=O)c1cccnc1N(C)CC(C)C#N. The lowest BCUT2D eigenvalue weighted by molar-refractivity contribution is 0.101. The zero-order valence-electron chi connectivity index (χ0n) is 9.77. The van der Waals surface area contributed by atoms with Crippen LogP contribution in [-0.2, 0) is 0 Å². The molecule has 0 aromatic carbocycles. The van der Waals surface area contributed by atoms with Crippen molar-refractivity contribution in [1.82, 2.24) is 4.98 Å². The zero-order valence-corrected chi connectivity index (χ0v) is 9.77. The summed E-state index contributed by atoms with van der Waals surface area (Å²) in [6.45, 7) is 3.92. The van der Waals surface area contributed by atoms with Crippen LogP contribution in [0.15, 0.2) is 18.3 Å². The van der Waals surface area contributed by atoms with Crippen molar-refractivity contribution in [1.29, 1.82) is 5.26 Å². The van der Waals surface area contributed by atoms with Gasteiger partial charge in [-0.2, -0.15) is 5.26 Å². The molecule has 0 amide bonds. The monoisotopic (exact) mass is 217 g/mol. The van der Waals surface area contributed by atoms with Gasteiger partial charge < -0.3 is 4.90 Å². The standard InChI is InChI=1S/C12H15N3O/c1-9(7-13)8-15(3)12-11(10(2)16)5-4-6-14-12/h4-6,9H,8H2,1-3H3. The quantitative estimate of drug-likeness (QED) is 0.722. The van der Waals surface area contributed by atoms with Gasteiger partial charge in [-0.15, -0.1) is 0 Å². The Morgan fingerprint density at radius 3 is 2.94 bits per heavy atom. The van der Waals surface area contributed by atoms with E-state index in [0.29, 0.717) is 17.9 Å². The van der Waals surface area contributed by atoms with Crippen LogP contribution < -0.4 is 4.90 Å². The molecule has 1 aromatic heterocycles. The van der Waals surface area contributed by atoms with Crippen LogP contribution >= 0.6 is 0 Å². The van der Waals surface area contributed by atoms with E-state index in [1.807, 2.05) is 18.9 Å². The van der Waals surface area contributed by atoms with E-state index in [2.05, 4.69) is 11.1 Å². The van der Waals surface area contributed by atoms with E-state index >= 15 is 0 Å². The van der Waals surface area contributed by atoms with Crippen LogP contribution in [0, 0.1) is 17.2 Å². The average Bonchev–Trinajstić information content (AvgIpc) is 2.28. The molecule has 0 spiro atoms. The van der Waals surface area contributed by atoms with Gasteiger partial charge in [-0.25, -0.2) is 4.98 Å². The summed E-state index contributed by atoms with van der Waals surface area (Å²) < 4.78 is 0. The second-order valence-corrected chi connectivity index (χ2v) is 3.84. The number of carbonyl (C=O) groups excluding carboxylic acids is 1. The summed E-state index contributed by atoms with van der Waals surface area (Å²) in [7, 11) is 1.84. The minimum atomic E-state index is -0.0909. The van der Waals surface area contributed by atoms with E-state index in [1.54, 1.807) is 18.3 Å². The first-order valence-electron chi connectivity index (χ1n) is 5.13. The molecule has 1 aromatic rings. The normalized spacial score (nSPS) is 11.6. The predicted octanol–water partition coefficient (Wildman–Crippen LogP) is 1.88. The van der Waals surface area contributed by atoms with Crippen molar-refractivity contribution >= 4 is 11.6 Å². The molecule has 1 unspecified atom stereocenters. The molecule has 84 valence electrons. The molecule has 1 heterocycles. The van der Waals surface area contributed by atoms with Crippen molar-refractivity contribution in [2.75, 3.05) is 18.5 Å². The number of rotatable bonds is 4. The maximum absolute atomic E-state index is 11.4. The third kappa shape index (κ3) is 2.80. The number of nitriles is 1. The third-order valence-corrected chi connectivity index (χ3v) is 2.30. The largest absolute Gasteiger partial charge is 0.358 e. The lowest BCUT2D eigenvalue weighted by atomic mass is 10.1. The fourth-order valence-electron chi connectivity index (χ4n) is 1.51. The fraction of sp³-hybridized carbons (Fsp3) is 0.417. The van der Waals surface area contributed by atoms with E-state index in [9.17, 15) is 4.79 Å². The van der Waals surface area contributed by atoms with Crippen molar-refractivity contribution < 1.29 is 4.79 Å². The summed E-state index contributed by atoms with van der Waals surface area (Å²) in [5.41, 5.74) is 0.593. The highest BCUT2D eigenvalue weighted by Gasteiger charge is 2.13. The zero-order chi connectivity index (χ0) is 12.1. The molecule has 0 N–H and O–H groups in total. The fourth-order valence-corrected chi connectivity index (χ4v) is 1.51. The van der Waals surface area contributed by atoms with Crippen LogP contribution in [0.4, 0.5) is 5.82 Å². The first-order chi connectivity index (χ1) is 7.56. The molecule has 0 radical (unpaired) electrons. The number of pyridine rings is 1. The van der Waals surface area contributed by atoms with E-state index in [1.165, 1.54) is 6.92 Å². The summed E-state index contributed by atoms with van der Waals surface area (Å²) in [5.74, 6) is 0.531. The number of aromatic nitrogens is 1. The summed E-state index contributed by atoms with van der Waals surface area (Å²) in [5, 5.41) is 8.75. The molecule has 4 heteroatoms. The minimum absolute atomic E-state index is 0.0143. The van der Waals surface area contributed by atoms with Gasteiger partial charge in [0.1, 0.15) is 5.82 Å². The summed E-state index contributed by atoms with van der Waals surface area (Å²) in [4.78, 5) is 17.4. The van der Waals surface area contributed by atoms with Crippen LogP contribution in [0.25, 0.3) is 0 Å². The molecule has 1 atom stereocenters. The lowest BCUT2D eigenvalue weighted by Gasteiger charge is -2.21. The highest BCUT2D eigenvalue weighted by molar-refractivity contribution is 5.98. The molecule has 0 aliphatic heterocycles. The van der Waals surface area contributed by atoms with E-state index in [-0.39, 0.29) is 11.7 Å². The maximum Gasteiger partial charge on any atom is 0.163 e. The van der Waals surface area contributed by atoms with Gasteiger partial charge >= 0.3 is 0 Å². The molecule has 4 nitrogen and oxygen atoms in total. The Morgan fingerprint density at radius 1 is 1.69 bits per heavy atom. The highest BCUT2D eigenvalue weighted by Crippen LogP contribution is 2.17. The molecule has 0 bridgehead atoms. The lowest BCUT2D eigenvalue weighted by Crippen LogP contribution is -2.25. The summed E-state index contributed by atoms with van der Waals surface area (Å²) >= 11 is 0. The van der Waals surface area contributed by atoms with Crippen LogP contribution in [-0.4, -0.2) is 24.4 Å². The number of carbonyl (C=O) groups is 1. The number of nitrogens with zero attached hydrogens (tertiary/aromatic N) is 3. The number of ketones is 1. The Kier molecular flexibility index (Phi) is 4.01. The van der Waals surface area contributed by atoms with Gasteiger partial charge in [0.25, 0.3) is 0 Å². The van der Waals surface area contributed by atoms with Gasteiger partial charge in [0.05, 0.1) is 17.6 Å². The van der Waals surface area contributed by atoms with E-state index < -0.39 is 0 Å². The molecule has 0 saturated carbocycles. The highest BCUT2D eigenvalue weighted by atomic mass is 16.1. The van der Waals surface area contributed by atoms with Gasteiger partial charge in [0.15, 0.2) is 5.78 Å². The second kappa shape index (κ2) is 5.26. The molecule has 1 rings (SSSR count).